The van der Waals surface area contributed by atoms with E-state index in [2.05, 4.69) is 4.99 Å². The van der Waals surface area contributed by atoms with Gasteiger partial charge in [-0.15, -0.1) is 0 Å². The Balaban J connectivity index is 2.23. The molecule has 0 aromatic heterocycles. The van der Waals surface area contributed by atoms with Crippen molar-refractivity contribution in [2.45, 2.75) is 26.3 Å². The molecule has 1 unspecified atom stereocenters. The number of carbonyl (C=O) groups is 1. The second kappa shape index (κ2) is 1.69. The molecule has 0 amide bonds. The normalized spacial score (nSPS) is 24.8. The van der Waals surface area contributed by atoms with Gasteiger partial charge >= 0.3 is 0 Å². The molecule has 1 aliphatic heterocycles. The molecule has 0 aromatic rings. The summed E-state index contributed by atoms with van der Waals surface area (Å²) >= 11 is 0. The van der Waals surface area contributed by atoms with Crippen molar-refractivity contribution < 1.29 is 4.79 Å². The summed E-state index contributed by atoms with van der Waals surface area (Å²) in [6, 6.07) is 0.374. The van der Waals surface area contributed by atoms with Crippen LogP contribution in [0.1, 0.15) is 20.3 Å². The minimum absolute atomic E-state index is 0.216. The van der Waals surface area contributed by atoms with Crippen LogP contribution in [0.15, 0.2) is 4.99 Å². The molecule has 0 N–H and O–H groups in total. The Labute approximate surface area is 48.6 Å². The standard InChI is InChI=1S/C6H9NO/c1-4(8)3-6-5(2)7-6/h5H,3H2,1-2H3. The largest absolute Gasteiger partial charge is 0.300 e. The first-order valence-electron chi connectivity index (χ1n) is 2.76. The third kappa shape index (κ3) is 1.15. The second-order valence-corrected chi connectivity index (χ2v) is 2.18. The van der Waals surface area contributed by atoms with Crippen molar-refractivity contribution in [3.8, 4) is 0 Å². The summed E-state index contributed by atoms with van der Waals surface area (Å²) in [6.45, 7) is 3.59. The van der Waals surface area contributed by atoms with Gasteiger partial charge in [0.25, 0.3) is 0 Å². The zero-order valence-electron chi connectivity index (χ0n) is 5.14. The molecule has 0 aliphatic carbocycles. The third-order valence-corrected chi connectivity index (χ3v) is 1.20. The molecule has 0 saturated heterocycles. The lowest BCUT2D eigenvalue weighted by Crippen LogP contribution is -1.98. The van der Waals surface area contributed by atoms with E-state index in [1.54, 1.807) is 6.92 Å². The first-order valence-corrected chi connectivity index (χ1v) is 2.76. The molecule has 1 rings (SSSR count). The highest BCUT2D eigenvalue weighted by Gasteiger charge is 2.22. The van der Waals surface area contributed by atoms with Gasteiger partial charge in [0.05, 0.1) is 6.04 Å². The van der Waals surface area contributed by atoms with E-state index in [1.165, 1.54) is 0 Å². The highest BCUT2D eigenvalue weighted by molar-refractivity contribution is 6.10. The van der Waals surface area contributed by atoms with Crippen molar-refractivity contribution in [1.82, 2.24) is 0 Å². The Morgan fingerprint density at radius 3 is 2.50 bits per heavy atom. The van der Waals surface area contributed by atoms with Crippen LogP contribution in [0, 0.1) is 0 Å². The van der Waals surface area contributed by atoms with Crippen molar-refractivity contribution in [1.29, 1.82) is 0 Å². The van der Waals surface area contributed by atoms with E-state index >= 15 is 0 Å². The number of carbonyl (C=O) groups excluding carboxylic acids is 1. The molecule has 0 fully saturated rings. The van der Waals surface area contributed by atoms with E-state index in [4.69, 9.17) is 0 Å². The molecule has 2 heteroatoms. The van der Waals surface area contributed by atoms with Crippen LogP contribution in [-0.2, 0) is 4.79 Å². The van der Waals surface area contributed by atoms with Gasteiger partial charge in [0.2, 0.25) is 0 Å². The molecule has 2 nitrogen and oxygen atoms in total. The number of rotatable bonds is 2. The van der Waals surface area contributed by atoms with E-state index in [9.17, 15) is 4.79 Å². The highest BCUT2D eigenvalue weighted by Crippen LogP contribution is 2.13. The van der Waals surface area contributed by atoms with E-state index in [-0.39, 0.29) is 5.78 Å². The SMILES string of the molecule is CC(=O)CC1=NC1C. The van der Waals surface area contributed by atoms with Gasteiger partial charge in [-0.05, 0) is 13.8 Å². The molecule has 1 aliphatic rings. The average molecular weight is 111 g/mol. The van der Waals surface area contributed by atoms with Crippen molar-refractivity contribution >= 4 is 11.5 Å². The van der Waals surface area contributed by atoms with Crippen LogP contribution < -0.4 is 0 Å². The van der Waals surface area contributed by atoms with Gasteiger partial charge in [0, 0.05) is 12.1 Å². The lowest BCUT2D eigenvalue weighted by atomic mass is 10.2. The number of nitrogens with zero attached hydrogens (tertiary/aromatic N) is 1. The number of hydrogen-bond acceptors (Lipinski definition) is 2. The molecule has 0 saturated carbocycles. The van der Waals surface area contributed by atoms with Gasteiger partial charge in [0.15, 0.2) is 0 Å². The van der Waals surface area contributed by atoms with Crippen LogP contribution in [0.2, 0.25) is 0 Å². The summed E-state index contributed by atoms with van der Waals surface area (Å²) in [5, 5.41) is 0. The van der Waals surface area contributed by atoms with Crippen LogP contribution in [0.25, 0.3) is 0 Å². The smallest absolute Gasteiger partial charge is 0.135 e. The fourth-order valence-electron chi connectivity index (χ4n) is 0.660. The van der Waals surface area contributed by atoms with Gasteiger partial charge < -0.3 is 0 Å². The Hall–Kier alpha value is -0.660. The predicted molar refractivity (Wildman–Crippen MR) is 32.2 cm³/mol. The zero-order valence-corrected chi connectivity index (χ0v) is 5.14. The molecule has 1 heterocycles. The lowest BCUT2D eigenvalue weighted by molar-refractivity contribution is -0.115. The molecular weight excluding hydrogens is 102 g/mol. The molecule has 44 valence electrons. The zero-order chi connectivity index (χ0) is 6.15. The number of aliphatic imine (C=N–C) groups is 1. The second-order valence-electron chi connectivity index (χ2n) is 2.18. The number of hydrogen-bond donors (Lipinski definition) is 0. The van der Waals surface area contributed by atoms with Crippen LogP contribution in [0.5, 0.6) is 0 Å². The summed E-state index contributed by atoms with van der Waals surface area (Å²) in [4.78, 5) is 14.4. The summed E-state index contributed by atoms with van der Waals surface area (Å²) in [5.74, 6) is 0.216. The van der Waals surface area contributed by atoms with Crippen LogP contribution in [0.3, 0.4) is 0 Å². The number of Topliss-reactive ketones (excluding diaryl/α,β-unsaturated/α-hetero) is 1. The molecule has 1 atom stereocenters. The Morgan fingerprint density at radius 2 is 2.38 bits per heavy atom. The van der Waals surface area contributed by atoms with Crippen molar-refractivity contribution in [2.75, 3.05) is 0 Å². The Kier molecular flexibility index (Phi) is 1.16. The van der Waals surface area contributed by atoms with Crippen molar-refractivity contribution in [3.05, 3.63) is 0 Å². The lowest BCUT2D eigenvalue weighted by Gasteiger charge is -1.81. The molecular formula is C6H9NO. The van der Waals surface area contributed by atoms with Gasteiger partial charge in [-0.1, -0.05) is 0 Å². The quantitative estimate of drug-likeness (QED) is 0.518. The fraction of sp³-hybridized carbons (Fsp3) is 0.667. The van der Waals surface area contributed by atoms with E-state index in [0.29, 0.717) is 12.5 Å². The van der Waals surface area contributed by atoms with Gasteiger partial charge in [-0.2, -0.15) is 0 Å². The third-order valence-electron chi connectivity index (χ3n) is 1.20. The van der Waals surface area contributed by atoms with Crippen LogP contribution in [-0.4, -0.2) is 17.5 Å². The maximum Gasteiger partial charge on any atom is 0.135 e. The molecule has 0 aromatic carbocycles. The summed E-state index contributed by atoms with van der Waals surface area (Å²) in [7, 11) is 0. The summed E-state index contributed by atoms with van der Waals surface area (Å²) < 4.78 is 0. The van der Waals surface area contributed by atoms with E-state index < -0.39 is 0 Å². The highest BCUT2D eigenvalue weighted by atomic mass is 16.1. The van der Waals surface area contributed by atoms with Gasteiger partial charge in [0.1, 0.15) is 5.78 Å². The maximum atomic E-state index is 10.4. The molecule has 0 bridgehead atoms. The molecule has 0 spiro atoms. The van der Waals surface area contributed by atoms with E-state index in [0.717, 1.165) is 5.71 Å². The van der Waals surface area contributed by atoms with Gasteiger partial charge in [-0.3, -0.25) is 9.79 Å². The van der Waals surface area contributed by atoms with Crippen LogP contribution >= 0.6 is 0 Å². The summed E-state index contributed by atoms with van der Waals surface area (Å²) in [5.41, 5.74) is 1.07. The Bertz CT molecular complexity index is 149. The first-order chi connectivity index (χ1) is 3.70. The van der Waals surface area contributed by atoms with Gasteiger partial charge in [-0.25, -0.2) is 0 Å². The topological polar surface area (TPSA) is 29.4 Å². The fourth-order valence-corrected chi connectivity index (χ4v) is 0.660. The molecule has 8 heavy (non-hydrogen) atoms. The van der Waals surface area contributed by atoms with Crippen molar-refractivity contribution in [2.24, 2.45) is 4.99 Å². The average Bonchev–Trinajstić information content (AvgIpc) is 2.17. The van der Waals surface area contributed by atoms with Crippen molar-refractivity contribution in [3.63, 3.8) is 0 Å². The molecule has 0 radical (unpaired) electrons. The maximum absolute atomic E-state index is 10.4. The predicted octanol–water partition coefficient (Wildman–Crippen LogP) is 0.809. The monoisotopic (exact) mass is 111 g/mol. The Morgan fingerprint density at radius 1 is 1.88 bits per heavy atom. The minimum atomic E-state index is 0.216. The first kappa shape index (κ1) is 5.48. The number of ketones is 1. The minimum Gasteiger partial charge on any atom is -0.300 e. The van der Waals surface area contributed by atoms with E-state index in [1.807, 2.05) is 6.92 Å². The van der Waals surface area contributed by atoms with Crippen LogP contribution in [0.4, 0.5) is 0 Å². The summed E-state index contributed by atoms with van der Waals surface area (Å²) in [6.07, 6.45) is 0.571.